The fourth-order valence-corrected chi connectivity index (χ4v) is 2.72. The van der Waals surface area contributed by atoms with Crippen LogP contribution in [0.15, 0.2) is 57.5 Å². The molecule has 0 bridgehead atoms. The summed E-state index contributed by atoms with van der Waals surface area (Å²) in [6.07, 6.45) is 0. The zero-order chi connectivity index (χ0) is 13.0. The van der Waals surface area contributed by atoms with Crippen molar-refractivity contribution < 1.29 is 5.11 Å². The number of anilines is 1. The first-order chi connectivity index (χ1) is 8.70. The van der Waals surface area contributed by atoms with E-state index in [0.29, 0.717) is 0 Å². The van der Waals surface area contributed by atoms with Gasteiger partial charge >= 0.3 is 0 Å². The molecule has 94 valence electrons. The maximum atomic E-state index is 9.54. The van der Waals surface area contributed by atoms with Gasteiger partial charge in [-0.2, -0.15) is 0 Å². The third-order valence-corrected chi connectivity index (χ3v) is 3.84. The summed E-state index contributed by atoms with van der Waals surface area (Å²) < 4.78 is 2.00. The molecular weight excluding hydrogens is 358 g/mol. The number of aliphatic hydroxyl groups excluding tert-OH is 1. The van der Waals surface area contributed by atoms with Gasteiger partial charge in [0.25, 0.3) is 0 Å². The Labute approximate surface area is 123 Å². The van der Waals surface area contributed by atoms with Crippen molar-refractivity contribution in [1.29, 1.82) is 0 Å². The van der Waals surface area contributed by atoms with E-state index in [1.807, 2.05) is 48.5 Å². The zero-order valence-electron chi connectivity index (χ0n) is 9.61. The van der Waals surface area contributed by atoms with Crippen LogP contribution in [0.3, 0.4) is 0 Å². The summed E-state index contributed by atoms with van der Waals surface area (Å²) >= 11 is 6.94. The Hall–Kier alpha value is -0.840. The number of benzene rings is 2. The molecule has 4 heteroatoms. The lowest BCUT2D eigenvalue weighted by Gasteiger charge is -2.19. The molecule has 0 fully saturated rings. The van der Waals surface area contributed by atoms with Crippen LogP contribution in [0.4, 0.5) is 5.69 Å². The minimum absolute atomic E-state index is 0.0368. The van der Waals surface area contributed by atoms with E-state index in [1.54, 1.807) is 0 Å². The summed E-state index contributed by atoms with van der Waals surface area (Å²) in [5, 5.41) is 12.9. The van der Waals surface area contributed by atoms with E-state index in [1.165, 1.54) is 0 Å². The number of rotatable bonds is 4. The molecular formula is C14H13Br2NO. The number of aliphatic hydroxyl groups is 1. The molecule has 2 aromatic rings. The predicted molar refractivity (Wildman–Crippen MR) is 81.7 cm³/mol. The first kappa shape index (κ1) is 13.6. The molecule has 0 aliphatic rings. The summed E-state index contributed by atoms with van der Waals surface area (Å²) in [5.74, 6) is 0. The van der Waals surface area contributed by atoms with Gasteiger partial charge in [0.1, 0.15) is 0 Å². The van der Waals surface area contributed by atoms with Crippen molar-refractivity contribution in [3.8, 4) is 0 Å². The lowest BCUT2D eigenvalue weighted by Crippen LogP contribution is -2.15. The van der Waals surface area contributed by atoms with Gasteiger partial charge in [-0.25, -0.2) is 0 Å². The van der Waals surface area contributed by atoms with Crippen molar-refractivity contribution in [2.75, 3.05) is 11.9 Å². The fourth-order valence-electron chi connectivity index (χ4n) is 1.76. The van der Waals surface area contributed by atoms with Gasteiger partial charge in [0.05, 0.1) is 12.6 Å². The lowest BCUT2D eigenvalue weighted by molar-refractivity contribution is 0.276. The molecule has 0 heterocycles. The number of nitrogens with one attached hydrogen (secondary N) is 1. The van der Waals surface area contributed by atoms with Crippen molar-refractivity contribution >= 4 is 37.5 Å². The second kappa shape index (κ2) is 6.36. The van der Waals surface area contributed by atoms with Crippen LogP contribution in [0, 0.1) is 0 Å². The van der Waals surface area contributed by atoms with Crippen LogP contribution in [0.2, 0.25) is 0 Å². The largest absolute Gasteiger partial charge is 0.394 e. The third-order valence-electron chi connectivity index (χ3n) is 2.63. The molecule has 2 N–H and O–H groups in total. The average molecular weight is 371 g/mol. The van der Waals surface area contributed by atoms with Gasteiger partial charge in [-0.05, 0) is 29.8 Å². The Morgan fingerprint density at radius 3 is 2.50 bits per heavy atom. The Morgan fingerprint density at radius 1 is 1.06 bits per heavy atom. The standard InChI is InChI=1S/C14H13Br2NO/c15-10-4-3-5-11(8-10)17-14(9-18)12-6-1-2-7-13(12)16/h1-8,14,17-18H,9H2. The summed E-state index contributed by atoms with van der Waals surface area (Å²) in [6, 6.07) is 15.7. The molecule has 0 aromatic heterocycles. The van der Waals surface area contributed by atoms with Crippen LogP contribution < -0.4 is 5.32 Å². The lowest BCUT2D eigenvalue weighted by atomic mass is 10.1. The number of hydrogen-bond acceptors (Lipinski definition) is 2. The quantitative estimate of drug-likeness (QED) is 0.838. The average Bonchev–Trinajstić information content (AvgIpc) is 2.37. The van der Waals surface area contributed by atoms with E-state index in [-0.39, 0.29) is 12.6 Å². The van der Waals surface area contributed by atoms with E-state index in [0.717, 1.165) is 20.2 Å². The monoisotopic (exact) mass is 369 g/mol. The fraction of sp³-hybridized carbons (Fsp3) is 0.143. The molecule has 2 nitrogen and oxygen atoms in total. The molecule has 1 atom stereocenters. The highest BCUT2D eigenvalue weighted by molar-refractivity contribution is 9.10. The molecule has 1 unspecified atom stereocenters. The molecule has 0 spiro atoms. The molecule has 0 aliphatic carbocycles. The zero-order valence-corrected chi connectivity index (χ0v) is 12.8. The minimum atomic E-state index is -0.130. The van der Waals surface area contributed by atoms with E-state index in [9.17, 15) is 5.11 Å². The summed E-state index contributed by atoms with van der Waals surface area (Å²) in [5.41, 5.74) is 2.01. The van der Waals surface area contributed by atoms with Gasteiger partial charge in [-0.15, -0.1) is 0 Å². The summed E-state index contributed by atoms with van der Waals surface area (Å²) in [4.78, 5) is 0. The molecule has 0 saturated carbocycles. The van der Waals surface area contributed by atoms with Crippen LogP contribution in [-0.2, 0) is 0 Å². The summed E-state index contributed by atoms with van der Waals surface area (Å²) in [7, 11) is 0. The molecule has 0 radical (unpaired) electrons. The van der Waals surface area contributed by atoms with Crippen LogP contribution >= 0.6 is 31.9 Å². The first-order valence-electron chi connectivity index (χ1n) is 5.58. The van der Waals surface area contributed by atoms with E-state index in [4.69, 9.17) is 0 Å². The Balaban J connectivity index is 2.23. The topological polar surface area (TPSA) is 32.3 Å². The number of hydrogen-bond donors (Lipinski definition) is 2. The van der Waals surface area contributed by atoms with E-state index < -0.39 is 0 Å². The summed E-state index contributed by atoms with van der Waals surface area (Å²) in [6.45, 7) is 0.0368. The molecule has 0 saturated heterocycles. The van der Waals surface area contributed by atoms with Crippen LogP contribution in [0.5, 0.6) is 0 Å². The Morgan fingerprint density at radius 2 is 1.83 bits per heavy atom. The van der Waals surface area contributed by atoms with Crippen molar-refractivity contribution in [2.45, 2.75) is 6.04 Å². The highest BCUT2D eigenvalue weighted by atomic mass is 79.9. The Kier molecular flexibility index (Phi) is 4.80. The van der Waals surface area contributed by atoms with Crippen molar-refractivity contribution in [1.82, 2.24) is 0 Å². The van der Waals surface area contributed by atoms with Crippen LogP contribution in [0.1, 0.15) is 11.6 Å². The highest BCUT2D eigenvalue weighted by Crippen LogP contribution is 2.27. The maximum absolute atomic E-state index is 9.54. The molecule has 0 aliphatic heterocycles. The first-order valence-corrected chi connectivity index (χ1v) is 7.16. The van der Waals surface area contributed by atoms with Gasteiger partial charge in [0.2, 0.25) is 0 Å². The molecule has 2 aromatic carbocycles. The second-order valence-corrected chi connectivity index (χ2v) is 5.68. The molecule has 18 heavy (non-hydrogen) atoms. The van der Waals surface area contributed by atoms with Crippen molar-refractivity contribution in [2.24, 2.45) is 0 Å². The maximum Gasteiger partial charge on any atom is 0.0755 e. The highest BCUT2D eigenvalue weighted by Gasteiger charge is 2.12. The van der Waals surface area contributed by atoms with Crippen molar-refractivity contribution in [3.63, 3.8) is 0 Å². The molecule has 2 rings (SSSR count). The van der Waals surface area contributed by atoms with E-state index >= 15 is 0 Å². The van der Waals surface area contributed by atoms with Crippen LogP contribution in [-0.4, -0.2) is 11.7 Å². The van der Waals surface area contributed by atoms with Gasteiger partial charge in [0.15, 0.2) is 0 Å². The van der Waals surface area contributed by atoms with Crippen molar-refractivity contribution in [3.05, 3.63) is 63.0 Å². The molecule has 0 amide bonds. The van der Waals surface area contributed by atoms with Gasteiger partial charge in [-0.3, -0.25) is 0 Å². The SMILES string of the molecule is OCC(Nc1cccc(Br)c1)c1ccccc1Br. The Bertz CT molecular complexity index is 531. The minimum Gasteiger partial charge on any atom is -0.394 e. The van der Waals surface area contributed by atoms with Gasteiger partial charge in [-0.1, -0.05) is 56.1 Å². The van der Waals surface area contributed by atoms with Gasteiger partial charge < -0.3 is 10.4 Å². The smallest absolute Gasteiger partial charge is 0.0755 e. The predicted octanol–water partition coefficient (Wildman–Crippen LogP) is 4.36. The number of halogens is 2. The third kappa shape index (κ3) is 3.34. The van der Waals surface area contributed by atoms with E-state index in [2.05, 4.69) is 37.2 Å². The second-order valence-electron chi connectivity index (χ2n) is 3.91. The van der Waals surface area contributed by atoms with Crippen LogP contribution in [0.25, 0.3) is 0 Å². The van der Waals surface area contributed by atoms with Gasteiger partial charge in [0, 0.05) is 14.6 Å². The normalized spacial score (nSPS) is 12.2.